The molecule has 242 valence electrons. The maximum Gasteiger partial charge on any atom is 0.408 e. The number of carboxylic acids is 2. The number of carbonyl (C=O) groups is 3. The van der Waals surface area contributed by atoms with Crippen molar-refractivity contribution in [2.45, 2.75) is 55.5 Å². The van der Waals surface area contributed by atoms with Crippen molar-refractivity contribution in [3.63, 3.8) is 0 Å². The summed E-state index contributed by atoms with van der Waals surface area (Å²) < 4.78 is 5.59. The molecule has 1 amide bonds. The van der Waals surface area contributed by atoms with Crippen LogP contribution in [0.5, 0.6) is 0 Å². The Morgan fingerprint density at radius 3 is 1.83 bits per heavy atom. The van der Waals surface area contributed by atoms with Crippen LogP contribution in [0.25, 0.3) is 11.1 Å². The Kier molecular flexibility index (Phi) is 9.03. The zero-order valence-electron chi connectivity index (χ0n) is 25.5. The van der Waals surface area contributed by atoms with Crippen molar-refractivity contribution < 1.29 is 29.3 Å². The number of benzene rings is 4. The largest absolute Gasteiger partial charge is 0.480 e. The van der Waals surface area contributed by atoms with Crippen molar-refractivity contribution in [2.75, 3.05) is 6.61 Å². The highest BCUT2D eigenvalue weighted by Crippen LogP contribution is 2.44. The van der Waals surface area contributed by atoms with E-state index in [4.69, 9.17) is 38.8 Å². The zero-order valence-corrected chi connectivity index (χ0v) is 27.0. The molecule has 8 nitrogen and oxygen atoms in total. The normalized spacial score (nSPS) is 20.7. The molecular weight excluding hydrogens is 639 g/mol. The van der Waals surface area contributed by atoms with Crippen molar-refractivity contribution in [1.29, 1.82) is 0 Å². The van der Waals surface area contributed by atoms with E-state index in [9.17, 15) is 19.5 Å². The first-order valence-corrected chi connectivity index (χ1v) is 16.2. The van der Waals surface area contributed by atoms with Crippen LogP contribution in [0.3, 0.4) is 0 Å². The van der Waals surface area contributed by atoms with Gasteiger partial charge in [0.1, 0.15) is 17.7 Å². The fourth-order valence-corrected chi connectivity index (χ4v) is 7.56. The van der Waals surface area contributed by atoms with Crippen molar-refractivity contribution in [3.8, 4) is 11.1 Å². The summed E-state index contributed by atoms with van der Waals surface area (Å²) in [5.74, 6) is -2.09. The van der Waals surface area contributed by atoms with Gasteiger partial charge in [-0.3, -0.25) is 4.79 Å². The number of alkyl carbamates (subject to hydrolysis) is 1. The summed E-state index contributed by atoms with van der Waals surface area (Å²) in [4.78, 5) is 36.0. The summed E-state index contributed by atoms with van der Waals surface area (Å²) in [6.45, 7) is 0.137. The number of nitrogens with two attached hydrogens (primary N) is 1. The number of halogens is 2. The lowest BCUT2D eigenvalue weighted by molar-refractivity contribution is -0.145. The summed E-state index contributed by atoms with van der Waals surface area (Å²) in [5, 5.41) is 23.0. The predicted octanol–water partition coefficient (Wildman–Crippen LogP) is 6.80. The average Bonchev–Trinajstić information content (AvgIpc) is 3.37. The van der Waals surface area contributed by atoms with Gasteiger partial charge in [-0.25, -0.2) is 9.59 Å². The van der Waals surface area contributed by atoms with Crippen LogP contribution >= 0.6 is 23.2 Å². The maximum absolute atomic E-state index is 12.8. The number of fused-ring (bicyclic) bond motifs is 5. The van der Waals surface area contributed by atoms with Gasteiger partial charge in [-0.15, -0.1) is 0 Å². The molecule has 7 rings (SSSR count). The highest BCUT2D eigenvalue weighted by Gasteiger charge is 2.44. The SMILES string of the molecule is NC1(C(=O)O)CCc2c(Cl)cccc2C1.O=C(NC1(C(=O)O)CCc2c(Cl)cccc2C1)OCC1c2ccccc2-c2ccccc21. The monoisotopic (exact) mass is 672 g/mol. The second-order valence-electron chi connectivity index (χ2n) is 12.4. The number of carboxylic acid groups (broad SMARTS) is 2. The number of aliphatic carboxylic acids is 2. The van der Waals surface area contributed by atoms with E-state index in [0.29, 0.717) is 35.7 Å². The Bertz CT molecular complexity index is 1830. The molecule has 0 radical (unpaired) electrons. The number of amides is 1. The third kappa shape index (κ3) is 6.33. The Hall–Kier alpha value is -4.37. The minimum Gasteiger partial charge on any atom is -0.480 e. The molecule has 0 aromatic heterocycles. The quantitative estimate of drug-likeness (QED) is 0.183. The van der Waals surface area contributed by atoms with E-state index in [1.54, 1.807) is 12.1 Å². The van der Waals surface area contributed by atoms with Crippen LogP contribution < -0.4 is 11.1 Å². The minimum atomic E-state index is -1.42. The highest BCUT2D eigenvalue weighted by molar-refractivity contribution is 6.31. The summed E-state index contributed by atoms with van der Waals surface area (Å²) in [5.41, 5.74) is 11.6. The molecule has 3 aliphatic rings. The van der Waals surface area contributed by atoms with Crippen LogP contribution in [0.15, 0.2) is 84.9 Å². The van der Waals surface area contributed by atoms with Crippen LogP contribution in [0.4, 0.5) is 4.79 Å². The van der Waals surface area contributed by atoms with Crippen molar-refractivity contribution >= 4 is 41.2 Å². The fraction of sp³-hybridized carbons (Fsp3) is 0.270. The summed E-state index contributed by atoms with van der Waals surface area (Å²) >= 11 is 12.3. The van der Waals surface area contributed by atoms with E-state index in [2.05, 4.69) is 17.4 Å². The lowest BCUT2D eigenvalue weighted by Gasteiger charge is -2.35. The summed E-state index contributed by atoms with van der Waals surface area (Å²) in [7, 11) is 0. The van der Waals surface area contributed by atoms with Crippen molar-refractivity contribution in [3.05, 3.63) is 128 Å². The molecule has 0 bridgehead atoms. The van der Waals surface area contributed by atoms with Crippen molar-refractivity contribution in [2.24, 2.45) is 5.73 Å². The van der Waals surface area contributed by atoms with Gasteiger partial charge in [0.25, 0.3) is 0 Å². The van der Waals surface area contributed by atoms with Gasteiger partial charge >= 0.3 is 18.0 Å². The molecule has 0 saturated heterocycles. The topological polar surface area (TPSA) is 139 Å². The molecule has 47 heavy (non-hydrogen) atoms. The molecule has 4 aromatic carbocycles. The van der Waals surface area contributed by atoms with Crippen LogP contribution in [0.1, 0.15) is 52.1 Å². The van der Waals surface area contributed by atoms with Crippen molar-refractivity contribution in [1.82, 2.24) is 5.32 Å². The third-order valence-electron chi connectivity index (χ3n) is 9.57. The van der Waals surface area contributed by atoms with Crippen LogP contribution in [0.2, 0.25) is 10.0 Å². The predicted molar refractivity (Wildman–Crippen MR) is 180 cm³/mol. The number of ether oxygens (including phenoxy) is 1. The Morgan fingerprint density at radius 1 is 0.745 bits per heavy atom. The molecule has 2 atom stereocenters. The Morgan fingerprint density at radius 2 is 1.28 bits per heavy atom. The van der Waals surface area contributed by atoms with Gasteiger partial charge in [-0.2, -0.15) is 0 Å². The summed E-state index contributed by atoms with van der Waals surface area (Å²) in [6, 6.07) is 27.2. The molecule has 0 saturated carbocycles. The highest BCUT2D eigenvalue weighted by atomic mass is 35.5. The third-order valence-corrected chi connectivity index (χ3v) is 10.3. The smallest absolute Gasteiger partial charge is 0.408 e. The first kappa shape index (κ1) is 32.6. The lowest BCUT2D eigenvalue weighted by Crippen LogP contribution is -2.58. The molecule has 5 N–H and O–H groups in total. The zero-order chi connectivity index (χ0) is 33.3. The van der Waals surface area contributed by atoms with E-state index in [0.717, 1.165) is 44.5 Å². The molecular formula is C37H34Cl2N2O6. The first-order chi connectivity index (χ1) is 22.5. The second kappa shape index (κ2) is 13.0. The molecule has 2 unspecified atom stereocenters. The first-order valence-electron chi connectivity index (χ1n) is 15.4. The van der Waals surface area contributed by atoms with Gasteiger partial charge in [-0.1, -0.05) is 96.0 Å². The van der Waals surface area contributed by atoms with Gasteiger partial charge in [0.15, 0.2) is 0 Å². The summed E-state index contributed by atoms with van der Waals surface area (Å²) in [6.07, 6.45) is 1.62. The van der Waals surface area contributed by atoms with E-state index in [1.165, 1.54) is 0 Å². The molecule has 0 heterocycles. The molecule has 4 aromatic rings. The number of rotatable bonds is 5. The minimum absolute atomic E-state index is 0.0835. The Balaban J connectivity index is 0.000000215. The van der Waals surface area contributed by atoms with Crippen LogP contribution in [-0.4, -0.2) is 45.9 Å². The number of nitrogens with one attached hydrogen (secondary N) is 1. The van der Waals surface area contributed by atoms with Gasteiger partial charge in [0.2, 0.25) is 0 Å². The van der Waals surface area contributed by atoms with E-state index in [-0.39, 0.29) is 25.4 Å². The van der Waals surface area contributed by atoms with E-state index >= 15 is 0 Å². The lowest BCUT2D eigenvalue weighted by atomic mass is 9.78. The van der Waals surface area contributed by atoms with Gasteiger partial charge in [0.05, 0.1) is 0 Å². The second-order valence-corrected chi connectivity index (χ2v) is 13.2. The van der Waals surface area contributed by atoms with Gasteiger partial charge < -0.3 is 26.0 Å². The maximum atomic E-state index is 12.8. The van der Waals surface area contributed by atoms with Gasteiger partial charge in [-0.05, 0) is 82.3 Å². The van der Waals surface area contributed by atoms with E-state index < -0.39 is 29.1 Å². The molecule has 3 aliphatic carbocycles. The van der Waals surface area contributed by atoms with Crippen LogP contribution in [-0.2, 0) is 40.0 Å². The molecule has 0 aliphatic heterocycles. The standard InChI is InChI=1S/C26H22ClNO4.C11H12ClNO2/c27-23-11-5-6-16-14-26(24(29)30,13-12-17(16)23)28-25(31)32-15-22-20-9-3-1-7-18(20)19-8-2-4-10-21(19)22;12-9-3-1-2-7-6-11(13,10(14)15)5-4-8(7)9/h1-11,22H,12-15H2,(H,28,31)(H,29,30);1-3H,4-6,13H2,(H,14,15). The van der Waals surface area contributed by atoms with Gasteiger partial charge in [0, 0.05) is 28.8 Å². The van der Waals surface area contributed by atoms with E-state index in [1.807, 2.05) is 60.7 Å². The van der Waals surface area contributed by atoms with Crippen LogP contribution in [0, 0.1) is 0 Å². The number of carbonyl (C=O) groups excluding carboxylic acids is 1. The fourth-order valence-electron chi connectivity index (χ4n) is 6.98. The number of hydrogen-bond acceptors (Lipinski definition) is 5. The molecule has 10 heteroatoms. The Labute approximate surface area is 282 Å². The average molecular weight is 674 g/mol. The molecule has 0 spiro atoms. The molecule has 0 fully saturated rings. The number of hydrogen-bond donors (Lipinski definition) is 4.